The number of aromatic nitrogens is 4. The zero-order chi connectivity index (χ0) is 35.4. The molecular weight excluding hydrogens is 808 g/mol. The number of fused-ring (bicyclic) bond motifs is 3. The third-order valence-electron chi connectivity index (χ3n) is 9.57. The summed E-state index contributed by atoms with van der Waals surface area (Å²) in [6, 6.07) is 36.9. The molecule has 0 atom stereocenters. The molecule has 0 fully saturated rings. The molecule has 0 spiro atoms. The van der Waals surface area contributed by atoms with Crippen LogP contribution in [0.25, 0.3) is 44.4 Å². The molecule has 0 bridgehead atoms. The summed E-state index contributed by atoms with van der Waals surface area (Å²) in [5.74, 6) is 2.08. The Bertz CT molecular complexity index is 2330. The fraction of sp³-hybridized carbons (Fsp3) is 0.289. The van der Waals surface area contributed by atoms with Gasteiger partial charge in [-0.25, -0.2) is 4.98 Å². The predicted octanol–water partition coefficient (Wildman–Crippen LogP) is 11.4. The van der Waals surface area contributed by atoms with Crippen molar-refractivity contribution in [3.63, 3.8) is 0 Å². The van der Waals surface area contributed by atoms with Gasteiger partial charge in [0.25, 0.3) is 0 Å². The number of rotatable bonds is 7. The van der Waals surface area contributed by atoms with Gasteiger partial charge in [-0.3, -0.25) is 4.68 Å². The summed E-state index contributed by atoms with van der Waals surface area (Å²) < 4.78 is 10.7. The van der Waals surface area contributed by atoms with Gasteiger partial charge in [0.1, 0.15) is 5.82 Å². The fourth-order valence-corrected chi connectivity index (χ4v) is 6.80. The van der Waals surface area contributed by atoms with Crippen molar-refractivity contribution in [1.82, 2.24) is 19.3 Å². The first-order chi connectivity index (χ1) is 23.9. The van der Waals surface area contributed by atoms with Crippen LogP contribution < -0.4 is 4.74 Å². The summed E-state index contributed by atoms with van der Waals surface area (Å²) in [4.78, 5) is 4.71. The number of ether oxygens (including phenoxy) is 1. The molecule has 0 saturated carbocycles. The Morgan fingerprint density at radius 1 is 0.725 bits per heavy atom. The van der Waals surface area contributed by atoms with Gasteiger partial charge in [-0.2, -0.15) is 17.2 Å². The molecule has 7 aromatic rings. The van der Waals surface area contributed by atoms with E-state index in [1.54, 1.807) is 0 Å². The standard InChI is InChI=1S/C45H46N4O.Pt/c1-10-38-43(30-24-31(44(4,5)6)26-32(25-30)45(7,8)9)39(11-2)49(47-38)33-15-14-16-34(27-33)50-35-19-20-37-36-17-12-13-18-40(36)48(41(37)28-35)42-23-29(3)21-22-46-42;/h12-26H,10-11H2,1-9H3;/q-2;+2. The number of hydrogen-bond donors (Lipinski definition) is 0. The number of nitrogens with zero attached hydrogens (tertiary/aromatic N) is 4. The van der Waals surface area contributed by atoms with E-state index in [0.29, 0.717) is 11.5 Å². The van der Waals surface area contributed by atoms with Crippen molar-refractivity contribution >= 4 is 21.8 Å². The van der Waals surface area contributed by atoms with Crippen molar-refractivity contribution in [3.05, 3.63) is 131 Å². The smallest absolute Gasteiger partial charge is 0.509 e. The van der Waals surface area contributed by atoms with Crippen molar-refractivity contribution < 1.29 is 25.8 Å². The average molecular weight is 854 g/mol. The van der Waals surface area contributed by atoms with E-state index in [-0.39, 0.29) is 31.9 Å². The van der Waals surface area contributed by atoms with E-state index in [0.717, 1.165) is 57.4 Å². The summed E-state index contributed by atoms with van der Waals surface area (Å²) >= 11 is 0. The number of benzene rings is 4. The van der Waals surface area contributed by atoms with Crippen LogP contribution in [0.2, 0.25) is 0 Å². The van der Waals surface area contributed by atoms with Crippen LogP contribution in [0, 0.1) is 19.1 Å². The molecule has 0 aliphatic heterocycles. The van der Waals surface area contributed by atoms with Crippen LogP contribution in [0.5, 0.6) is 11.5 Å². The molecule has 7 rings (SSSR count). The Hall–Kier alpha value is -4.47. The van der Waals surface area contributed by atoms with E-state index in [1.165, 1.54) is 27.9 Å². The van der Waals surface area contributed by atoms with Gasteiger partial charge >= 0.3 is 21.1 Å². The topological polar surface area (TPSA) is 44.9 Å². The molecule has 0 aliphatic rings. The second-order valence-electron chi connectivity index (χ2n) is 15.3. The Morgan fingerprint density at radius 3 is 2.10 bits per heavy atom. The molecule has 5 nitrogen and oxygen atoms in total. The quantitative estimate of drug-likeness (QED) is 0.150. The summed E-state index contributed by atoms with van der Waals surface area (Å²) in [7, 11) is 0. The molecule has 0 unspecified atom stereocenters. The fourth-order valence-electron chi connectivity index (χ4n) is 6.80. The molecule has 0 amide bonds. The monoisotopic (exact) mass is 853 g/mol. The second kappa shape index (κ2) is 13.9. The van der Waals surface area contributed by atoms with Gasteiger partial charge in [0.05, 0.1) is 5.69 Å². The van der Waals surface area contributed by atoms with Gasteiger partial charge in [-0.15, -0.1) is 35.7 Å². The maximum atomic E-state index is 6.50. The molecule has 6 heteroatoms. The van der Waals surface area contributed by atoms with E-state index < -0.39 is 0 Å². The van der Waals surface area contributed by atoms with Crippen molar-refractivity contribution in [2.75, 3.05) is 0 Å². The normalized spacial score (nSPS) is 12.0. The summed E-state index contributed by atoms with van der Waals surface area (Å²) in [6.07, 6.45) is 3.51. The van der Waals surface area contributed by atoms with Crippen molar-refractivity contribution in [2.24, 2.45) is 0 Å². The molecule has 262 valence electrons. The van der Waals surface area contributed by atoms with Crippen molar-refractivity contribution in [3.8, 4) is 34.1 Å². The Kier molecular flexibility index (Phi) is 9.91. The van der Waals surface area contributed by atoms with Gasteiger partial charge in [-0.1, -0.05) is 97.3 Å². The molecular formula is C45H46N4OPt. The van der Waals surface area contributed by atoms with E-state index in [9.17, 15) is 0 Å². The Morgan fingerprint density at radius 2 is 1.43 bits per heavy atom. The average Bonchev–Trinajstić information content (AvgIpc) is 3.63. The molecule has 0 radical (unpaired) electrons. The minimum atomic E-state index is 0. The van der Waals surface area contributed by atoms with Crippen LogP contribution in [-0.4, -0.2) is 19.3 Å². The van der Waals surface area contributed by atoms with Gasteiger partial charge in [0.2, 0.25) is 0 Å². The summed E-state index contributed by atoms with van der Waals surface area (Å²) in [6.45, 7) is 20.2. The predicted molar refractivity (Wildman–Crippen MR) is 206 cm³/mol. The van der Waals surface area contributed by atoms with Crippen molar-refractivity contribution in [1.29, 1.82) is 0 Å². The number of hydrogen-bond acceptors (Lipinski definition) is 3. The molecule has 0 aliphatic carbocycles. The number of pyridine rings is 1. The Balaban J connectivity index is 0.00000448. The zero-order valence-electron chi connectivity index (χ0n) is 31.1. The first kappa shape index (κ1) is 36.3. The van der Waals surface area contributed by atoms with Gasteiger partial charge in [0.15, 0.2) is 0 Å². The van der Waals surface area contributed by atoms with Crippen LogP contribution in [0.1, 0.15) is 83.5 Å². The zero-order valence-corrected chi connectivity index (χ0v) is 33.4. The van der Waals surface area contributed by atoms with Gasteiger partial charge < -0.3 is 9.30 Å². The summed E-state index contributed by atoms with van der Waals surface area (Å²) in [5, 5.41) is 7.46. The third kappa shape index (κ3) is 6.94. The Labute approximate surface area is 317 Å². The van der Waals surface area contributed by atoms with Crippen molar-refractivity contribution in [2.45, 2.75) is 86.0 Å². The minimum absolute atomic E-state index is 0. The molecule has 0 saturated heterocycles. The largest absolute Gasteiger partial charge is 2.00 e. The van der Waals surface area contributed by atoms with Crippen LogP contribution >= 0.6 is 0 Å². The number of aryl methyl sites for hydroxylation is 2. The maximum Gasteiger partial charge on any atom is 2.00 e. The van der Waals surface area contributed by atoms with Crippen LogP contribution in [-0.2, 0) is 44.7 Å². The first-order valence-corrected chi connectivity index (χ1v) is 17.7. The van der Waals surface area contributed by atoms with Gasteiger partial charge in [-0.05, 0) is 82.1 Å². The van der Waals surface area contributed by atoms with Crippen LogP contribution in [0.3, 0.4) is 0 Å². The van der Waals surface area contributed by atoms with E-state index in [4.69, 9.17) is 14.8 Å². The van der Waals surface area contributed by atoms with E-state index in [1.807, 2.05) is 30.5 Å². The molecule has 3 heterocycles. The van der Waals surface area contributed by atoms with Crippen LogP contribution in [0.15, 0.2) is 91.1 Å². The van der Waals surface area contributed by atoms with Gasteiger partial charge in [0, 0.05) is 34.5 Å². The maximum absolute atomic E-state index is 6.50. The van der Waals surface area contributed by atoms with E-state index >= 15 is 0 Å². The second-order valence-corrected chi connectivity index (χ2v) is 15.3. The van der Waals surface area contributed by atoms with E-state index in [2.05, 4.69) is 144 Å². The summed E-state index contributed by atoms with van der Waals surface area (Å²) in [5.41, 5.74) is 11.4. The third-order valence-corrected chi connectivity index (χ3v) is 9.57. The molecule has 0 N–H and O–H groups in total. The minimum Gasteiger partial charge on any atom is -0.509 e. The first-order valence-electron chi connectivity index (χ1n) is 17.7. The van der Waals surface area contributed by atoms with Crippen LogP contribution in [0.4, 0.5) is 0 Å². The molecule has 4 aromatic carbocycles. The SMILES string of the molecule is CCc1nn(-c2[c-]c(Oc3[c-]c4c(cc3)c3ccccc3n4-c3cc(C)ccn3)ccc2)c(CC)c1-c1cc(C(C)(C)C)cc(C(C)(C)C)c1.[Pt+2]. The molecule has 51 heavy (non-hydrogen) atoms. The molecule has 3 aromatic heterocycles. The number of para-hydroxylation sites is 1.